The Morgan fingerprint density at radius 1 is 1.38 bits per heavy atom. The summed E-state index contributed by atoms with van der Waals surface area (Å²) in [6, 6.07) is 3.42. The van der Waals surface area contributed by atoms with Crippen LogP contribution in [-0.4, -0.2) is 29.3 Å². The number of benzene rings is 1. The summed E-state index contributed by atoms with van der Waals surface area (Å²) in [5.41, 5.74) is 0.272. The highest BCUT2D eigenvalue weighted by Gasteiger charge is 2.14. The molecule has 0 spiro atoms. The van der Waals surface area contributed by atoms with Crippen LogP contribution >= 0.6 is 45.2 Å². The van der Waals surface area contributed by atoms with Gasteiger partial charge in [-0.2, -0.15) is 0 Å². The van der Waals surface area contributed by atoms with Crippen molar-refractivity contribution in [2.75, 3.05) is 13.2 Å². The fourth-order valence-electron chi connectivity index (χ4n) is 1.12. The van der Waals surface area contributed by atoms with Gasteiger partial charge < -0.3 is 15.5 Å². The van der Waals surface area contributed by atoms with Crippen molar-refractivity contribution in [2.45, 2.75) is 6.42 Å². The summed E-state index contributed by atoms with van der Waals surface area (Å²) in [6.07, 6.45) is 0.507. The lowest BCUT2D eigenvalue weighted by Gasteiger charge is -2.08. The predicted molar refractivity (Wildman–Crippen MR) is 77.6 cm³/mol. The summed E-state index contributed by atoms with van der Waals surface area (Å²) < 4.78 is 1.55. The minimum absolute atomic E-state index is 0.00233. The van der Waals surface area contributed by atoms with Crippen LogP contribution in [0.2, 0.25) is 0 Å². The van der Waals surface area contributed by atoms with E-state index in [4.69, 9.17) is 5.11 Å². The summed E-state index contributed by atoms with van der Waals surface area (Å²) in [7, 11) is 0. The van der Waals surface area contributed by atoms with Crippen molar-refractivity contribution < 1.29 is 15.0 Å². The Kier molecular flexibility index (Phi) is 5.76. The maximum atomic E-state index is 11.7. The quantitative estimate of drug-likeness (QED) is 0.487. The van der Waals surface area contributed by atoms with Crippen LogP contribution in [0.3, 0.4) is 0 Å². The van der Waals surface area contributed by atoms with Crippen LogP contribution in [0.25, 0.3) is 0 Å². The largest absolute Gasteiger partial charge is 0.506 e. The molecule has 0 aliphatic rings. The molecular formula is C10H11I2NO3. The lowest BCUT2D eigenvalue weighted by molar-refractivity contribution is 0.0948. The number of phenols is 1. The van der Waals surface area contributed by atoms with Crippen LogP contribution in [0, 0.1) is 7.14 Å². The average molecular weight is 447 g/mol. The molecule has 0 fully saturated rings. The van der Waals surface area contributed by atoms with E-state index >= 15 is 0 Å². The zero-order valence-corrected chi connectivity index (χ0v) is 12.6. The van der Waals surface area contributed by atoms with Crippen molar-refractivity contribution in [1.29, 1.82) is 0 Å². The smallest absolute Gasteiger partial charge is 0.255 e. The van der Waals surface area contributed by atoms with Gasteiger partial charge in [0.05, 0.1) is 9.13 Å². The monoisotopic (exact) mass is 447 g/mol. The molecule has 16 heavy (non-hydrogen) atoms. The lowest BCUT2D eigenvalue weighted by atomic mass is 10.2. The van der Waals surface area contributed by atoms with E-state index in [1.165, 1.54) is 0 Å². The van der Waals surface area contributed by atoms with Crippen LogP contribution in [0.15, 0.2) is 12.1 Å². The summed E-state index contributed by atoms with van der Waals surface area (Å²) in [6.45, 7) is 0.437. The summed E-state index contributed by atoms with van der Waals surface area (Å²) in [4.78, 5) is 11.7. The molecule has 1 aromatic carbocycles. The van der Waals surface area contributed by atoms with E-state index in [1.807, 2.05) is 22.6 Å². The molecule has 0 saturated heterocycles. The van der Waals surface area contributed by atoms with Crippen LogP contribution in [0.4, 0.5) is 0 Å². The second kappa shape index (κ2) is 6.60. The minimum atomic E-state index is -0.317. The van der Waals surface area contributed by atoms with Gasteiger partial charge in [0.1, 0.15) is 5.75 Å². The van der Waals surface area contributed by atoms with Gasteiger partial charge in [-0.15, -0.1) is 0 Å². The minimum Gasteiger partial charge on any atom is -0.506 e. The summed E-state index contributed by atoms with van der Waals surface area (Å²) in [5.74, 6) is -0.315. The molecule has 1 aromatic rings. The van der Waals surface area contributed by atoms with Crippen LogP contribution in [0.1, 0.15) is 16.8 Å². The van der Waals surface area contributed by atoms with Crippen molar-refractivity contribution in [2.24, 2.45) is 0 Å². The molecule has 0 unspecified atom stereocenters. The molecule has 0 aromatic heterocycles. The molecule has 1 amide bonds. The Bertz CT molecular complexity index is 396. The third-order valence-corrected chi connectivity index (χ3v) is 3.34. The second-order valence-electron chi connectivity index (χ2n) is 3.12. The number of nitrogens with one attached hydrogen (secondary N) is 1. The molecule has 3 N–H and O–H groups in total. The number of hydrogen-bond donors (Lipinski definition) is 3. The first-order valence-corrected chi connectivity index (χ1v) is 6.79. The average Bonchev–Trinajstić information content (AvgIpc) is 2.23. The van der Waals surface area contributed by atoms with Gasteiger partial charge in [0.25, 0.3) is 5.91 Å². The van der Waals surface area contributed by atoms with Crippen LogP contribution < -0.4 is 5.32 Å². The van der Waals surface area contributed by atoms with Crippen molar-refractivity contribution in [3.05, 3.63) is 24.8 Å². The zero-order chi connectivity index (χ0) is 12.1. The molecule has 0 bridgehead atoms. The molecule has 88 valence electrons. The first kappa shape index (κ1) is 14.0. The maximum Gasteiger partial charge on any atom is 0.255 e. The number of hydrogen-bond acceptors (Lipinski definition) is 3. The second-order valence-corrected chi connectivity index (χ2v) is 5.52. The molecule has 6 heteroatoms. The van der Waals surface area contributed by atoms with E-state index in [1.54, 1.807) is 12.1 Å². The lowest BCUT2D eigenvalue weighted by Crippen LogP contribution is -2.25. The standard InChI is InChI=1S/C10H11I2NO3/c11-6-4-7(9(15)8(12)5-6)10(16)13-2-1-3-14/h4-5,14-15H,1-3H2,(H,13,16). The van der Waals surface area contributed by atoms with Crippen molar-refractivity contribution in [1.82, 2.24) is 5.32 Å². The van der Waals surface area contributed by atoms with E-state index in [2.05, 4.69) is 27.9 Å². The van der Waals surface area contributed by atoms with Gasteiger partial charge in [0.2, 0.25) is 0 Å². The maximum absolute atomic E-state index is 11.7. The Labute approximate surface area is 121 Å². The summed E-state index contributed by atoms with van der Waals surface area (Å²) in [5, 5.41) is 20.9. The van der Waals surface area contributed by atoms with Crippen LogP contribution in [-0.2, 0) is 0 Å². The normalized spacial score (nSPS) is 10.2. The number of amides is 1. The number of phenolic OH excluding ortho intramolecular Hbond substituents is 1. The molecule has 0 radical (unpaired) electrons. The molecule has 4 nitrogen and oxygen atoms in total. The Morgan fingerprint density at radius 2 is 2.06 bits per heavy atom. The van der Waals surface area contributed by atoms with Crippen LogP contribution in [0.5, 0.6) is 5.75 Å². The summed E-state index contributed by atoms with van der Waals surface area (Å²) >= 11 is 4.07. The first-order chi connectivity index (χ1) is 7.56. The van der Waals surface area contributed by atoms with Crippen molar-refractivity contribution in [3.63, 3.8) is 0 Å². The number of carbonyl (C=O) groups is 1. The van der Waals surface area contributed by atoms with Gasteiger partial charge in [-0.1, -0.05) is 0 Å². The topological polar surface area (TPSA) is 69.6 Å². The number of aliphatic hydroxyl groups is 1. The van der Waals surface area contributed by atoms with Gasteiger partial charge in [0.15, 0.2) is 0 Å². The van der Waals surface area contributed by atoms with Gasteiger partial charge in [0, 0.05) is 16.7 Å². The van der Waals surface area contributed by atoms with E-state index in [0.29, 0.717) is 16.5 Å². The van der Waals surface area contributed by atoms with Gasteiger partial charge in [-0.3, -0.25) is 4.79 Å². The zero-order valence-electron chi connectivity index (χ0n) is 8.33. The molecule has 0 heterocycles. The molecule has 0 saturated carbocycles. The predicted octanol–water partition coefficient (Wildman–Crippen LogP) is 1.71. The van der Waals surface area contributed by atoms with Gasteiger partial charge in [-0.05, 0) is 63.7 Å². The third kappa shape index (κ3) is 3.74. The number of aromatic hydroxyl groups is 1. The Hall–Kier alpha value is -0.0900. The number of carbonyl (C=O) groups excluding carboxylic acids is 1. The third-order valence-electron chi connectivity index (χ3n) is 1.89. The molecular weight excluding hydrogens is 436 g/mol. The molecule has 0 aliphatic heterocycles. The van der Waals surface area contributed by atoms with E-state index in [-0.39, 0.29) is 23.8 Å². The van der Waals surface area contributed by atoms with E-state index in [9.17, 15) is 9.90 Å². The molecule has 0 atom stereocenters. The van der Waals surface area contributed by atoms with Gasteiger partial charge >= 0.3 is 0 Å². The first-order valence-electron chi connectivity index (χ1n) is 4.63. The highest BCUT2D eigenvalue weighted by Crippen LogP contribution is 2.26. The fraction of sp³-hybridized carbons (Fsp3) is 0.300. The molecule has 0 aliphatic carbocycles. The number of halogens is 2. The Balaban J connectivity index is 2.82. The number of aliphatic hydroxyl groups excluding tert-OH is 1. The van der Waals surface area contributed by atoms with Crippen molar-refractivity contribution >= 4 is 51.1 Å². The van der Waals surface area contributed by atoms with Gasteiger partial charge in [-0.25, -0.2) is 0 Å². The highest BCUT2D eigenvalue weighted by molar-refractivity contribution is 14.1. The van der Waals surface area contributed by atoms with Crippen molar-refractivity contribution in [3.8, 4) is 5.75 Å². The SMILES string of the molecule is O=C(NCCCO)c1cc(I)cc(I)c1O. The van der Waals surface area contributed by atoms with E-state index < -0.39 is 0 Å². The number of rotatable bonds is 4. The van der Waals surface area contributed by atoms with E-state index in [0.717, 1.165) is 3.57 Å². The molecule has 1 rings (SSSR count). The fourth-order valence-corrected chi connectivity index (χ4v) is 2.96. The highest BCUT2D eigenvalue weighted by atomic mass is 127. The Morgan fingerprint density at radius 3 is 2.69 bits per heavy atom.